The Morgan fingerprint density at radius 1 is 1.58 bits per heavy atom. The minimum Gasteiger partial charge on any atom is -0.297 e. The molecule has 0 aromatic carbocycles. The molecular weight excluding hydrogens is 188 g/mol. The fraction of sp³-hybridized carbons (Fsp3) is 0.444. The van der Waals surface area contributed by atoms with Gasteiger partial charge in [-0.15, -0.1) is 23.1 Å². The number of carbonyl (C=O) groups is 1. The monoisotopic (exact) mass is 200 g/mol. The highest BCUT2D eigenvalue weighted by Gasteiger charge is 1.98. The van der Waals surface area contributed by atoms with Crippen LogP contribution in [0.15, 0.2) is 16.3 Å². The second-order valence-electron chi connectivity index (χ2n) is 2.48. The van der Waals surface area contributed by atoms with Gasteiger partial charge in [0.05, 0.1) is 9.09 Å². The summed E-state index contributed by atoms with van der Waals surface area (Å²) in [7, 11) is 0. The van der Waals surface area contributed by atoms with Gasteiger partial charge in [-0.1, -0.05) is 13.3 Å². The number of rotatable bonds is 5. The largest absolute Gasteiger partial charge is 0.297 e. The Balaban J connectivity index is 2.36. The highest BCUT2D eigenvalue weighted by atomic mass is 32.2. The quantitative estimate of drug-likeness (QED) is 0.411. The maximum atomic E-state index is 10.4. The SMILES string of the molecule is CCCCSc1ccc(C=O)s1. The Hall–Kier alpha value is -0.280. The Labute approximate surface area is 81.2 Å². The van der Waals surface area contributed by atoms with Gasteiger partial charge >= 0.3 is 0 Å². The fourth-order valence-electron chi connectivity index (χ4n) is 0.792. The summed E-state index contributed by atoms with van der Waals surface area (Å²) < 4.78 is 1.26. The summed E-state index contributed by atoms with van der Waals surface area (Å²) >= 11 is 3.42. The van der Waals surface area contributed by atoms with Gasteiger partial charge in [-0.2, -0.15) is 0 Å². The molecule has 0 fully saturated rings. The van der Waals surface area contributed by atoms with Crippen LogP contribution in [0.5, 0.6) is 0 Å². The average Bonchev–Trinajstić information content (AvgIpc) is 2.53. The second-order valence-corrected chi connectivity index (χ2v) is 4.99. The van der Waals surface area contributed by atoms with E-state index in [0.717, 1.165) is 16.9 Å². The minimum absolute atomic E-state index is 0.828. The predicted octanol–water partition coefficient (Wildman–Crippen LogP) is 3.45. The summed E-state index contributed by atoms with van der Waals surface area (Å²) in [6, 6.07) is 3.90. The van der Waals surface area contributed by atoms with Crippen molar-refractivity contribution < 1.29 is 4.79 Å². The molecule has 0 bridgehead atoms. The van der Waals surface area contributed by atoms with Gasteiger partial charge in [0.2, 0.25) is 0 Å². The number of aldehydes is 1. The summed E-state index contributed by atoms with van der Waals surface area (Å²) in [5.41, 5.74) is 0. The van der Waals surface area contributed by atoms with E-state index in [1.165, 1.54) is 17.1 Å². The van der Waals surface area contributed by atoms with Crippen LogP contribution in [0, 0.1) is 0 Å². The van der Waals surface area contributed by atoms with Crippen molar-refractivity contribution in [2.45, 2.75) is 24.0 Å². The first-order chi connectivity index (χ1) is 5.86. The van der Waals surface area contributed by atoms with E-state index in [-0.39, 0.29) is 0 Å². The Morgan fingerprint density at radius 2 is 2.42 bits per heavy atom. The third-order valence-corrected chi connectivity index (χ3v) is 3.78. The normalized spacial score (nSPS) is 10.1. The summed E-state index contributed by atoms with van der Waals surface area (Å²) in [5.74, 6) is 1.16. The van der Waals surface area contributed by atoms with Crippen molar-refractivity contribution in [3.63, 3.8) is 0 Å². The molecule has 66 valence electrons. The van der Waals surface area contributed by atoms with Crippen molar-refractivity contribution >= 4 is 29.4 Å². The van der Waals surface area contributed by atoms with Crippen molar-refractivity contribution in [2.75, 3.05) is 5.75 Å². The topological polar surface area (TPSA) is 17.1 Å². The molecule has 1 aromatic rings. The first-order valence-corrected chi connectivity index (χ1v) is 5.85. The lowest BCUT2D eigenvalue weighted by atomic mass is 10.4. The molecular formula is C9H12OS2. The standard InChI is InChI=1S/C9H12OS2/c1-2-3-6-11-9-5-4-8(7-10)12-9/h4-5,7H,2-3,6H2,1H3. The molecule has 0 aliphatic rings. The molecule has 0 saturated carbocycles. The minimum atomic E-state index is 0.828. The highest BCUT2D eigenvalue weighted by Crippen LogP contribution is 2.26. The number of unbranched alkanes of at least 4 members (excludes halogenated alkanes) is 1. The molecule has 1 aromatic heterocycles. The van der Waals surface area contributed by atoms with Crippen molar-refractivity contribution in [3.05, 3.63) is 17.0 Å². The van der Waals surface area contributed by atoms with Crippen LogP contribution >= 0.6 is 23.1 Å². The van der Waals surface area contributed by atoms with Crippen LogP contribution in [-0.2, 0) is 0 Å². The Bertz CT molecular complexity index is 242. The average molecular weight is 200 g/mol. The molecule has 0 atom stereocenters. The zero-order valence-electron chi connectivity index (χ0n) is 7.08. The smallest absolute Gasteiger partial charge is 0.160 e. The molecule has 1 rings (SSSR count). The molecule has 1 nitrogen and oxygen atoms in total. The van der Waals surface area contributed by atoms with Gasteiger partial charge in [-0.05, 0) is 24.3 Å². The molecule has 3 heteroatoms. The van der Waals surface area contributed by atoms with Gasteiger partial charge in [-0.25, -0.2) is 0 Å². The van der Waals surface area contributed by atoms with Crippen molar-refractivity contribution in [2.24, 2.45) is 0 Å². The van der Waals surface area contributed by atoms with Crippen LogP contribution in [0.4, 0.5) is 0 Å². The fourth-order valence-corrected chi connectivity index (χ4v) is 2.92. The van der Waals surface area contributed by atoms with Crippen LogP contribution in [0.3, 0.4) is 0 Å². The van der Waals surface area contributed by atoms with Crippen molar-refractivity contribution in [3.8, 4) is 0 Å². The van der Waals surface area contributed by atoms with Gasteiger partial charge in [-0.3, -0.25) is 4.79 Å². The third-order valence-electron chi connectivity index (χ3n) is 1.46. The second kappa shape index (κ2) is 5.38. The first-order valence-electron chi connectivity index (χ1n) is 4.04. The number of thioether (sulfide) groups is 1. The lowest BCUT2D eigenvalue weighted by Crippen LogP contribution is -1.73. The van der Waals surface area contributed by atoms with E-state index in [1.54, 1.807) is 11.3 Å². The van der Waals surface area contributed by atoms with E-state index in [2.05, 4.69) is 6.92 Å². The zero-order chi connectivity index (χ0) is 8.81. The van der Waals surface area contributed by atoms with Gasteiger partial charge in [0.25, 0.3) is 0 Å². The van der Waals surface area contributed by atoms with Gasteiger partial charge in [0.15, 0.2) is 6.29 Å². The van der Waals surface area contributed by atoms with Crippen LogP contribution < -0.4 is 0 Å². The predicted molar refractivity (Wildman–Crippen MR) is 55.3 cm³/mol. The van der Waals surface area contributed by atoms with Crippen LogP contribution in [0.2, 0.25) is 0 Å². The van der Waals surface area contributed by atoms with E-state index in [0.29, 0.717) is 0 Å². The maximum Gasteiger partial charge on any atom is 0.160 e. The van der Waals surface area contributed by atoms with Crippen LogP contribution in [0.25, 0.3) is 0 Å². The molecule has 0 N–H and O–H groups in total. The lowest BCUT2D eigenvalue weighted by molar-refractivity contribution is 0.112. The molecule has 0 spiro atoms. The van der Waals surface area contributed by atoms with E-state index >= 15 is 0 Å². The third kappa shape index (κ3) is 2.99. The summed E-state index contributed by atoms with van der Waals surface area (Å²) in [5, 5.41) is 0. The molecule has 0 aliphatic heterocycles. The number of hydrogen-bond acceptors (Lipinski definition) is 3. The summed E-state index contributed by atoms with van der Waals surface area (Å²) in [6.07, 6.45) is 3.40. The van der Waals surface area contributed by atoms with Gasteiger partial charge < -0.3 is 0 Å². The molecule has 0 aliphatic carbocycles. The van der Waals surface area contributed by atoms with Gasteiger partial charge in [0, 0.05) is 0 Å². The summed E-state index contributed by atoms with van der Waals surface area (Å²) in [6.45, 7) is 2.19. The van der Waals surface area contributed by atoms with E-state index < -0.39 is 0 Å². The molecule has 0 radical (unpaired) electrons. The molecule has 1 heterocycles. The lowest BCUT2D eigenvalue weighted by Gasteiger charge is -1.93. The number of thiophene rings is 1. The van der Waals surface area contributed by atoms with Crippen LogP contribution in [-0.4, -0.2) is 12.0 Å². The van der Waals surface area contributed by atoms with E-state index in [4.69, 9.17) is 0 Å². The van der Waals surface area contributed by atoms with E-state index in [1.807, 2.05) is 23.9 Å². The molecule has 12 heavy (non-hydrogen) atoms. The first kappa shape index (κ1) is 9.81. The molecule has 0 saturated heterocycles. The zero-order valence-corrected chi connectivity index (χ0v) is 8.71. The Kier molecular flexibility index (Phi) is 4.40. The molecule has 0 unspecified atom stereocenters. The van der Waals surface area contributed by atoms with Crippen molar-refractivity contribution in [1.82, 2.24) is 0 Å². The number of hydrogen-bond donors (Lipinski definition) is 0. The molecule has 0 amide bonds. The number of carbonyl (C=O) groups excluding carboxylic acids is 1. The van der Waals surface area contributed by atoms with Gasteiger partial charge in [0.1, 0.15) is 0 Å². The van der Waals surface area contributed by atoms with Crippen LogP contribution in [0.1, 0.15) is 29.4 Å². The highest BCUT2D eigenvalue weighted by molar-refractivity contribution is 8.01. The van der Waals surface area contributed by atoms with Crippen molar-refractivity contribution in [1.29, 1.82) is 0 Å². The summed E-state index contributed by atoms with van der Waals surface area (Å²) in [4.78, 5) is 11.2. The Morgan fingerprint density at radius 3 is 3.00 bits per heavy atom. The maximum absolute atomic E-state index is 10.4. The van der Waals surface area contributed by atoms with E-state index in [9.17, 15) is 4.79 Å².